The molecule has 0 bridgehead atoms. The van der Waals surface area contributed by atoms with Gasteiger partial charge in [-0.25, -0.2) is 31.9 Å². The van der Waals surface area contributed by atoms with Crippen molar-refractivity contribution >= 4 is 34.4 Å². The van der Waals surface area contributed by atoms with Crippen molar-refractivity contribution < 1.29 is 51.8 Å². The molecule has 0 atom stereocenters. The molecule has 0 heterocycles. The molecule has 3 radical (unpaired) electrons. The molecular weight excluding hydrogens is 402 g/mol. The average Bonchev–Trinajstić information content (AvgIpc) is 2.60. The molecular formula is C15H19BLiN2O7S2. The number of nitrogens with two attached hydrogens (primary N) is 2. The third-order valence-electron chi connectivity index (χ3n) is 3.04. The van der Waals surface area contributed by atoms with Crippen LogP contribution < -0.4 is 29.1 Å². The van der Waals surface area contributed by atoms with E-state index in [0.29, 0.717) is 5.56 Å². The van der Waals surface area contributed by atoms with Gasteiger partial charge in [0.1, 0.15) is 0 Å². The van der Waals surface area contributed by atoms with E-state index in [1.54, 1.807) is 0 Å². The van der Waals surface area contributed by atoms with Crippen LogP contribution in [0.1, 0.15) is 17.3 Å². The maximum atomic E-state index is 11.0. The fourth-order valence-electron chi connectivity index (χ4n) is 1.68. The minimum absolute atomic E-state index is 0. The summed E-state index contributed by atoms with van der Waals surface area (Å²) >= 11 is 0. The number of rotatable bonds is 4. The molecule has 28 heavy (non-hydrogen) atoms. The predicted molar refractivity (Wildman–Crippen MR) is 99.8 cm³/mol. The number of carbonyl (C=O) groups excluding carboxylic acids is 1. The predicted octanol–water partition coefficient (Wildman–Crippen LogP) is -3.32. The van der Waals surface area contributed by atoms with E-state index in [0.717, 1.165) is 0 Å². The molecule has 0 unspecified atom stereocenters. The Balaban J connectivity index is -0.000000426. The zero-order valence-corrected chi connectivity index (χ0v) is 16.9. The summed E-state index contributed by atoms with van der Waals surface area (Å²) in [7, 11) is -6.07. The van der Waals surface area contributed by atoms with Crippen molar-refractivity contribution in [3.05, 3.63) is 59.7 Å². The Morgan fingerprint density at radius 3 is 1.57 bits per heavy atom. The smallest absolute Gasteiger partial charge is 1.00 e. The van der Waals surface area contributed by atoms with E-state index in [1.807, 2.05) is 0 Å². The topological polar surface area (TPSA) is 167 Å². The summed E-state index contributed by atoms with van der Waals surface area (Å²) in [5, 5.41) is 18.4. The molecule has 0 saturated carbocycles. The fourth-order valence-corrected chi connectivity index (χ4v) is 2.71. The van der Waals surface area contributed by atoms with Crippen LogP contribution in [-0.4, -0.2) is 43.4 Å². The number of methoxy groups -OCH3 is 1. The van der Waals surface area contributed by atoms with E-state index in [-0.39, 0.29) is 50.7 Å². The molecule has 0 aliphatic carbocycles. The van der Waals surface area contributed by atoms with Gasteiger partial charge in [0.25, 0.3) is 0 Å². The summed E-state index contributed by atoms with van der Waals surface area (Å²) in [4.78, 5) is 11.0. The molecule has 9 nitrogen and oxygen atoms in total. The SMILES string of the molecule is COC(=O)c1ccc(S(N)(=O)=O)cc1.NS(=O)(=O)c1ccc(CO)cc1.[B].[H-].[Li+]. The van der Waals surface area contributed by atoms with Crippen LogP contribution in [0.2, 0.25) is 0 Å². The molecule has 0 aromatic heterocycles. The first-order valence-corrected chi connectivity index (χ1v) is 10.0. The van der Waals surface area contributed by atoms with Crippen LogP contribution in [0.25, 0.3) is 0 Å². The number of hydrogen-bond donors (Lipinski definition) is 3. The number of esters is 1. The number of ether oxygens (including phenoxy) is 1. The first kappa shape index (κ1) is 28.6. The van der Waals surface area contributed by atoms with Gasteiger partial charge in [0, 0.05) is 8.41 Å². The summed E-state index contributed by atoms with van der Waals surface area (Å²) in [6.45, 7) is -0.106. The van der Waals surface area contributed by atoms with Crippen molar-refractivity contribution in [2.75, 3.05) is 7.11 Å². The fraction of sp³-hybridized carbons (Fsp3) is 0.133. The van der Waals surface area contributed by atoms with Crippen molar-refractivity contribution in [1.82, 2.24) is 0 Å². The molecule has 0 amide bonds. The van der Waals surface area contributed by atoms with Crippen LogP contribution in [-0.2, 0) is 31.4 Å². The summed E-state index contributed by atoms with van der Waals surface area (Å²) in [5.74, 6) is -0.522. The van der Waals surface area contributed by atoms with Crippen LogP contribution in [0.4, 0.5) is 0 Å². The molecule has 0 saturated heterocycles. The molecule has 2 aromatic carbocycles. The van der Waals surface area contributed by atoms with Crippen molar-refractivity contribution in [2.24, 2.45) is 10.3 Å². The maximum Gasteiger partial charge on any atom is 1.00 e. The van der Waals surface area contributed by atoms with Crippen LogP contribution >= 0.6 is 0 Å². The second-order valence-electron chi connectivity index (χ2n) is 4.91. The molecule has 5 N–H and O–H groups in total. The Labute approximate surface area is 179 Å². The molecule has 13 heteroatoms. The van der Waals surface area contributed by atoms with Gasteiger partial charge in [0.2, 0.25) is 20.0 Å². The molecule has 0 spiro atoms. The molecule has 0 fully saturated rings. The number of aliphatic hydroxyl groups excluding tert-OH is 1. The number of sulfonamides is 2. The van der Waals surface area contributed by atoms with E-state index >= 15 is 0 Å². The van der Waals surface area contributed by atoms with E-state index in [4.69, 9.17) is 15.4 Å². The largest absolute Gasteiger partial charge is 1.00 e. The minimum Gasteiger partial charge on any atom is -1.00 e. The second-order valence-corrected chi connectivity index (χ2v) is 8.03. The average molecular weight is 421 g/mol. The third kappa shape index (κ3) is 9.03. The van der Waals surface area contributed by atoms with Gasteiger partial charge in [-0.15, -0.1) is 0 Å². The number of carbonyl (C=O) groups is 1. The van der Waals surface area contributed by atoms with Gasteiger partial charge in [-0.3, -0.25) is 0 Å². The first-order chi connectivity index (χ1) is 12.0. The van der Waals surface area contributed by atoms with Gasteiger partial charge in [0.05, 0.1) is 29.1 Å². The summed E-state index contributed by atoms with van der Waals surface area (Å²) in [6.07, 6.45) is 0. The maximum absolute atomic E-state index is 11.0. The summed E-state index contributed by atoms with van der Waals surface area (Å²) in [6, 6.07) is 10.9. The summed E-state index contributed by atoms with van der Waals surface area (Å²) in [5.41, 5.74) is 0.933. The molecule has 0 aliphatic rings. The quantitative estimate of drug-likeness (QED) is 0.343. The first-order valence-electron chi connectivity index (χ1n) is 6.93. The normalized spacial score (nSPS) is 10.4. The molecule has 2 aromatic rings. The minimum atomic E-state index is -3.70. The van der Waals surface area contributed by atoms with Crippen LogP contribution in [0.5, 0.6) is 0 Å². The Kier molecular flexibility index (Phi) is 12.3. The van der Waals surface area contributed by atoms with Gasteiger partial charge in [-0.2, -0.15) is 0 Å². The standard InChI is InChI=1S/C8H9NO4S.C7H9NO3S.B.Li.H/c1-13-8(10)6-2-4-7(5-3-6)14(9,11)12;8-12(10,11)7-3-1-6(5-9)2-4-7;;;/h2-5H,1H3,(H2,9,11,12);1-4,9H,5H2,(H2,8,10,11);;;/q;;;+1;-1. The molecule has 147 valence electrons. The second kappa shape index (κ2) is 12.0. The van der Waals surface area contributed by atoms with Gasteiger partial charge in [-0.05, 0) is 42.0 Å². The number of primary sulfonamides is 2. The van der Waals surface area contributed by atoms with E-state index in [9.17, 15) is 21.6 Å². The van der Waals surface area contributed by atoms with Crippen LogP contribution in [0.15, 0.2) is 58.3 Å². The van der Waals surface area contributed by atoms with Crippen molar-refractivity contribution in [2.45, 2.75) is 16.4 Å². The Morgan fingerprint density at radius 1 is 0.929 bits per heavy atom. The summed E-state index contributed by atoms with van der Waals surface area (Å²) < 4.78 is 47.6. The molecule has 0 aliphatic heterocycles. The third-order valence-corrected chi connectivity index (χ3v) is 4.90. The van der Waals surface area contributed by atoms with Crippen molar-refractivity contribution in [3.8, 4) is 0 Å². The Bertz CT molecular complexity index is 971. The van der Waals surface area contributed by atoms with Crippen LogP contribution in [0.3, 0.4) is 0 Å². The van der Waals surface area contributed by atoms with Gasteiger partial charge < -0.3 is 11.3 Å². The van der Waals surface area contributed by atoms with E-state index in [1.165, 1.54) is 55.6 Å². The van der Waals surface area contributed by atoms with E-state index in [2.05, 4.69) is 4.74 Å². The van der Waals surface area contributed by atoms with E-state index < -0.39 is 26.0 Å². The van der Waals surface area contributed by atoms with Crippen molar-refractivity contribution in [1.29, 1.82) is 0 Å². The van der Waals surface area contributed by atoms with Gasteiger partial charge >= 0.3 is 24.8 Å². The number of hydrogen-bond acceptors (Lipinski definition) is 7. The number of benzene rings is 2. The molecule has 2 rings (SSSR count). The number of aliphatic hydroxyl groups is 1. The van der Waals surface area contributed by atoms with Crippen molar-refractivity contribution in [3.63, 3.8) is 0 Å². The van der Waals surface area contributed by atoms with Gasteiger partial charge in [0.15, 0.2) is 0 Å². The Hall–Kier alpha value is -1.65. The van der Waals surface area contributed by atoms with Crippen LogP contribution in [0, 0.1) is 0 Å². The monoisotopic (exact) mass is 421 g/mol. The van der Waals surface area contributed by atoms with Gasteiger partial charge in [-0.1, -0.05) is 12.1 Å². The zero-order chi connectivity index (χ0) is 20.0. The zero-order valence-electron chi connectivity index (χ0n) is 16.3. The Morgan fingerprint density at radius 2 is 1.29 bits per heavy atom.